The van der Waals surface area contributed by atoms with E-state index in [0.29, 0.717) is 40.6 Å². The summed E-state index contributed by atoms with van der Waals surface area (Å²) in [5.41, 5.74) is 7.89. The average Bonchev–Trinajstić information content (AvgIpc) is 3.59. The van der Waals surface area contributed by atoms with Crippen molar-refractivity contribution in [2.24, 2.45) is 11.7 Å². The zero-order chi connectivity index (χ0) is 25.9. The number of anilines is 3. The molecule has 1 atom stereocenters. The molecule has 0 aromatic carbocycles. The maximum absolute atomic E-state index is 13.1. The largest absolute Gasteiger partial charge is 0.379 e. The lowest BCUT2D eigenvalue weighted by molar-refractivity contribution is -0.125. The van der Waals surface area contributed by atoms with Crippen LogP contribution in [0, 0.1) is 5.92 Å². The smallest absolute Gasteiger partial charge is 0.276 e. The molecule has 11 nitrogen and oxygen atoms in total. The molecule has 2 aliphatic carbocycles. The summed E-state index contributed by atoms with van der Waals surface area (Å²) in [5.74, 6) is 0.154. The Labute approximate surface area is 219 Å². The lowest BCUT2D eigenvalue weighted by Gasteiger charge is -2.30. The number of hydrogen-bond donors (Lipinski definition) is 5. The second-order valence-corrected chi connectivity index (χ2v) is 10.3. The van der Waals surface area contributed by atoms with Crippen molar-refractivity contribution < 1.29 is 9.59 Å². The normalized spacial score (nSPS) is 20.3. The van der Waals surface area contributed by atoms with Crippen LogP contribution in [0.15, 0.2) is 30.6 Å². The van der Waals surface area contributed by atoms with Crippen LogP contribution in [0.4, 0.5) is 17.2 Å². The summed E-state index contributed by atoms with van der Waals surface area (Å²) in [4.78, 5) is 33.7. The Kier molecular flexibility index (Phi) is 7.43. The number of nitrogens with zero attached hydrogens (tertiary/aromatic N) is 4. The van der Waals surface area contributed by atoms with E-state index in [0.717, 1.165) is 44.2 Å². The van der Waals surface area contributed by atoms with E-state index in [1.165, 1.54) is 12.4 Å². The van der Waals surface area contributed by atoms with Crippen LogP contribution in [0.1, 0.15) is 55.9 Å². The molecule has 6 N–H and O–H groups in total. The van der Waals surface area contributed by atoms with Gasteiger partial charge in [-0.25, -0.2) is 14.5 Å². The van der Waals surface area contributed by atoms with Crippen LogP contribution >= 0.6 is 11.6 Å². The van der Waals surface area contributed by atoms with Crippen molar-refractivity contribution >= 4 is 46.3 Å². The summed E-state index contributed by atoms with van der Waals surface area (Å²) in [6.07, 6.45) is 8.81. The zero-order valence-corrected chi connectivity index (χ0v) is 21.5. The van der Waals surface area contributed by atoms with Gasteiger partial charge in [0.1, 0.15) is 11.0 Å². The highest BCUT2D eigenvalue weighted by Gasteiger charge is 2.27. The molecule has 0 spiro atoms. The van der Waals surface area contributed by atoms with E-state index >= 15 is 0 Å². The van der Waals surface area contributed by atoms with E-state index in [1.54, 1.807) is 16.6 Å². The van der Waals surface area contributed by atoms with E-state index in [-0.39, 0.29) is 29.8 Å². The number of imidazole rings is 1. The summed E-state index contributed by atoms with van der Waals surface area (Å²) in [6.45, 7) is 2.19. The number of halogens is 1. The van der Waals surface area contributed by atoms with E-state index in [2.05, 4.69) is 31.2 Å². The van der Waals surface area contributed by atoms with Gasteiger partial charge in [0, 0.05) is 48.5 Å². The van der Waals surface area contributed by atoms with Crippen LogP contribution in [0.25, 0.3) is 5.65 Å². The van der Waals surface area contributed by atoms with Gasteiger partial charge < -0.3 is 27.0 Å². The highest BCUT2D eigenvalue weighted by molar-refractivity contribution is 6.29. The SMILES string of the molecule is C[C@@H](CN)C(=O)N[C@H]1CC[C@H](Nc2cc(NC3CC3)c3ncc(C(=O)Nc4ccnc(Cl)c4)n3n2)CC1. The molecule has 5 rings (SSSR count). The first-order valence-electron chi connectivity index (χ1n) is 12.7. The molecule has 0 radical (unpaired) electrons. The van der Waals surface area contributed by atoms with Crippen molar-refractivity contribution in [1.82, 2.24) is 24.9 Å². The predicted octanol–water partition coefficient (Wildman–Crippen LogP) is 3.04. The quantitative estimate of drug-likeness (QED) is 0.267. The maximum Gasteiger partial charge on any atom is 0.276 e. The number of fused-ring (bicyclic) bond motifs is 1. The van der Waals surface area contributed by atoms with Crippen molar-refractivity contribution in [3.8, 4) is 0 Å². The molecule has 12 heteroatoms. The van der Waals surface area contributed by atoms with Gasteiger partial charge in [-0.05, 0) is 50.7 Å². The van der Waals surface area contributed by atoms with Gasteiger partial charge in [0.25, 0.3) is 5.91 Å². The molecule has 3 aromatic heterocycles. The number of pyridine rings is 1. The summed E-state index contributed by atoms with van der Waals surface area (Å²) < 4.78 is 1.57. The molecule has 0 aliphatic heterocycles. The molecular weight excluding hydrogens is 494 g/mol. The lowest BCUT2D eigenvalue weighted by atomic mass is 9.90. The second kappa shape index (κ2) is 10.9. The maximum atomic E-state index is 13.1. The number of aromatic nitrogens is 4. The van der Waals surface area contributed by atoms with Gasteiger partial charge in [-0.15, -0.1) is 5.10 Å². The van der Waals surface area contributed by atoms with Crippen molar-refractivity contribution in [2.45, 2.75) is 63.6 Å². The molecular formula is C25H32ClN9O2. The van der Waals surface area contributed by atoms with E-state index < -0.39 is 0 Å². The Hall–Kier alpha value is -3.44. The second-order valence-electron chi connectivity index (χ2n) is 9.90. The summed E-state index contributed by atoms with van der Waals surface area (Å²) in [6, 6.07) is 5.98. The third-order valence-electron chi connectivity index (χ3n) is 6.85. The Balaban J connectivity index is 1.31. The minimum Gasteiger partial charge on any atom is -0.379 e. The lowest BCUT2D eigenvalue weighted by Crippen LogP contribution is -2.43. The predicted molar refractivity (Wildman–Crippen MR) is 143 cm³/mol. The number of amides is 2. The van der Waals surface area contributed by atoms with Crippen LogP contribution in [-0.2, 0) is 4.79 Å². The fourth-order valence-electron chi connectivity index (χ4n) is 4.46. The Bertz CT molecular complexity index is 1280. The number of nitrogens with one attached hydrogen (secondary N) is 4. The monoisotopic (exact) mass is 525 g/mol. The number of nitrogens with two attached hydrogens (primary N) is 1. The van der Waals surface area contributed by atoms with Gasteiger partial charge in [-0.3, -0.25) is 9.59 Å². The van der Waals surface area contributed by atoms with Crippen LogP contribution in [-0.4, -0.2) is 56.1 Å². The number of rotatable bonds is 9. The molecule has 2 amide bonds. The molecule has 3 aromatic rings. The number of carbonyl (C=O) groups excluding carboxylic acids is 2. The highest BCUT2D eigenvalue weighted by Crippen LogP contribution is 2.30. The molecule has 196 valence electrons. The molecule has 2 aliphatic rings. The van der Waals surface area contributed by atoms with E-state index in [4.69, 9.17) is 22.4 Å². The summed E-state index contributed by atoms with van der Waals surface area (Å²) in [5, 5.41) is 18.0. The molecule has 0 bridgehead atoms. The first-order valence-corrected chi connectivity index (χ1v) is 13.1. The summed E-state index contributed by atoms with van der Waals surface area (Å²) >= 11 is 5.96. The fourth-order valence-corrected chi connectivity index (χ4v) is 4.64. The number of carbonyl (C=O) groups is 2. The third-order valence-corrected chi connectivity index (χ3v) is 7.06. The van der Waals surface area contributed by atoms with Crippen molar-refractivity contribution in [3.63, 3.8) is 0 Å². The summed E-state index contributed by atoms with van der Waals surface area (Å²) in [7, 11) is 0. The van der Waals surface area contributed by atoms with E-state index in [1.807, 2.05) is 13.0 Å². The first kappa shape index (κ1) is 25.2. The standard InChI is InChI=1S/C25H32ClN9O2/c1-14(12-27)24(36)32-17-6-4-16(5-7-17)31-22-11-19(30-15-2-3-15)23-29-13-20(35(23)34-22)25(37)33-18-8-9-28-21(26)10-18/h8-11,13-17,30H,2-7,12,27H2,1H3,(H,31,34)(H,32,36)(H,28,33,37)/t14-,16-,17-/m0/s1. The van der Waals surface area contributed by atoms with Gasteiger partial charge in [0.2, 0.25) is 5.91 Å². The van der Waals surface area contributed by atoms with Gasteiger partial charge in [-0.2, -0.15) is 0 Å². The van der Waals surface area contributed by atoms with Gasteiger partial charge >= 0.3 is 0 Å². The van der Waals surface area contributed by atoms with Crippen LogP contribution in [0.3, 0.4) is 0 Å². The van der Waals surface area contributed by atoms with Crippen LogP contribution in [0.2, 0.25) is 5.15 Å². The van der Waals surface area contributed by atoms with Crippen LogP contribution in [0.5, 0.6) is 0 Å². The highest BCUT2D eigenvalue weighted by atomic mass is 35.5. The van der Waals surface area contributed by atoms with Crippen molar-refractivity contribution in [2.75, 3.05) is 22.5 Å². The Morgan fingerprint density at radius 3 is 2.49 bits per heavy atom. The molecule has 0 unspecified atom stereocenters. The molecule has 2 fully saturated rings. The topological polar surface area (TPSA) is 151 Å². The van der Waals surface area contributed by atoms with Crippen LogP contribution < -0.4 is 27.0 Å². The van der Waals surface area contributed by atoms with Crippen molar-refractivity contribution in [1.29, 1.82) is 0 Å². The first-order chi connectivity index (χ1) is 17.9. The molecule has 2 saturated carbocycles. The van der Waals surface area contributed by atoms with Gasteiger partial charge in [0.15, 0.2) is 11.3 Å². The molecule has 0 saturated heterocycles. The average molecular weight is 526 g/mol. The van der Waals surface area contributed by atoms with Crippen molar-refractivity contribution in [3.05, 3.63) is 41.4 Å². The Morgan fingerprint density at radius 1 is 1.08 bits per heavy atom. The minimum absolute atomic E-state index is 0.0155. The molecule has 37 heavy (non-hydrogen) atoms. The molecule has 3 heterocycles. The Morgan fingerprint density at radius 2 is 1.78 bits per heavy atom. The van der Waals surface area contributed by atoms with E-state index in [9.17, 15) is 9.59 Å². The zero-order valence-electron chi connectivity index (χ0n) is 20.7. The van der Waals surface area contributed by atoms with Gasteiger partial charge in [0.05, 0.1) is 11.9 Å². The minimum atomic E-state index is -0.347. The van der Waals surface area contributed by atoms with Gasteiger partial charge in [-0.1, -0.05) is 18.5 Å². The third kappa shape index (κ3) is 6.11. The fraction of sp³-hybridized carbons (Fsp3) is 0.480. The number of hydrogen-bond acceptors (Lipinski definition) is 8.